The third-order valence-corrected chi connectivity index (χ3v) is 7.25. The van der Waals surface area contributed by atoms with Gasteiger partial charge in [0.1, 0.15) is 5.76 Å². The Morgan fingerprint density at radius 3 is 1.92 bits per heavy atom. The molecule has 0 spiro atoms. The second-order valence-electron chi connectivity index (χ2n) is 10.3. The number of carbonyl (C=O) groups is 2. The van der Waals surface area contributed by atoms with Gasteiger partial charge in [-0.25, -0.2) is 0 Å². The van der Waals surface area contributed by atoms with Crippen LogP contribution in [0.5, 0.6) is 0 Å². The molecule has 0 aliphatic carbocycles. The van der Waals surface area contributed by atoms with Gasteiger partial charge in [0.2, 0.25) is 0 Å². The van der Waals surface area contributed by atoms with Crippen molar-refractivity contribution in [3.63, 3.8) is 0 Å². The Morgan fingerprint density at radius 2 is 1.30 bits per heavy atom. The monoisotopic (exact) mass is 489 g/mol. The quantitative estimate of drug-likeness (QED) is 0.177. The fourth-order valence-electron chi connectivity index (χ4n) is 5.07. The molecule has 4 aromatic carbocycles. The van der Waals surface area contributed by atoms with Crippen LogP contribution in [0, 0.1) is 0 Å². The zero-order valence-electron chi connectivity index (χ0n) is 21.6. The maximum atomic E-state index is 13.6. The molecule has 0 saturated carbocycles. The Morgan fingerprint density at radius 1 is 0.730 bits per heavy atom. The molecule has 5 rings (SSSR count). The molecule has 0 bridgehead atoms. The highest BCUT2D eigenvalue weighted by Crippen LogP contribution is 2.43. The predicted octanol–water partition coefficient (Wildman–Crippen LogP) is 7.71. The van der Waals surface area contributed by atoms with E-state index in [-0.39, 0.29) is 11.3 Å². The third kappa shape index (κ3) is 4.33. The number of rotatable bonds is 5. The molecule has 1 unspecified atom stereocenters. The highest BCUT2D eigenvalue weighted by molar-refractivity contribution is 6.51. The van der Waals surface area contributed by atoms with Crippen molar-refractivity contribution in [2.24, 2.45) is 0 Å². The minimum absolute atomic E-state index is 0.103. The largest absolute Gasteiger partial charge is 0.507 e. The number of carbonyl (C=O) groups excluding carboxylic acids is 2. The molecule has 0 aromatic heterocycles. The van der Waals surface area contributed by atoms with E-state index in [2.05, 4.69) is 27.7 Å². The van der Waals surface area contributed by atoms with Crippen molar-refractivity contribution in [2.45, 2.75) is 45.6 Å². The number of anilines is 1. The Bertz CT molecular complexity index is 1510. The first-order chi connectivity index (χ1) is 17.8. The molecular weight excluding hydrogens is 458 g/mol. The van der Waals surface area contributed by atoms with Gasteiger partial charge in [-0.1, -0.05) is 107 Å². The van der Waals surface area contributed by atoms with Gasteiger partial charge in [-0.05, 0) is 51.4 Å². The third-order valence-electron chi connectivity index (χ3n) is 7.25. The summed E-state index contributed by atoms with van der Waals surface area (Å²) in [7, 11) is 0. The molecule has 0 radical (unpaired) electrons. The molecule has 1 heterocycles. The highest BCUT2D eigenvalue weighted by atomic mass is 16.3. The number of Topliss-reactive ketones (excluding diaryl/α,β-unsaturated/α-hetero) is 1. The Labute approximate surface area is 217 Å². The summed E-state index contributed by atoms with van der Waals surface area (Å²) in [6.07, 6.45) is 0. The lowest BCUT2D eigenvalue weighted by Crippen LogP contribution is -2.29. The van der Waals surface area contributed by atoms with Gasteiger partial charge in [0.05, 0.1) is 11.6 Å². The number of fused-ring (bicyclic) bond motifs is 1. The predicted molar refractivity (Wildman–Crippen MR) is 150 cm³/mol. The molecular formula is C33H31NO3. The maximum absolute atomic E-state index is 13.6. The normalized spacial score (nSPS) is 17.4. The van der Waals surface area contributed by atoms with Crippen LogP contribution in [0.15, 0.2) is 96.6 Å². The molecule has 4 nitrogen and oxygen atoms in total. The van der Waals surface area contributed by atoms with E-state index in [1.54, 1.807) is 6.07 Å². The van der Waals surface area contributed by atoms with Gasteiger partial charge < -0.3 is 5.11 Å². The van der Waals surface area contributed by atoms with Crippen LogP contribution < -0.4 is 4.90 Å². The number of aliphatic hydroxyl groups is 1. The summed E-state index contributed by atoms with van der Waals surface area (Å²) in [5.74, 6) is -0.794. The van der Waals surface area contributed by atoms with Crippen molar-refractivity contribution in [3.05, 3.63) is 119 Å². The molecule has 1 aliphatic heterocycles. The van der Waals surface area contributed by atoms with Crippen molar-refractivity contribution in [3.8, 4) is 0 Å². The molecule has 4 heteroatoms. The topological polar surface area (TPSA) is 57.6 Å². The fourth-order valence-corrected chi connectivity index (χ4v) is 5.07. The summed E-state index contributed by atoms with van der Waals surface area (Å²) in [6.45, 7) is 8.47. The van der Waals surface area contributed by atoms with Crippen LogP contribution in [-0.2, 0) is 9.59 Å². The Hall–Kier alpha value is -4.18. The van der Waals surface area contributed by atoms with Crippen molar-refractivity contribution >= 4 is 33.9 Å². The van der Waals surface area contributed by atoms with E-state index >= 15 is 0 Å². The summed E-state index contributed by atoms with van der Waals surface area (Å²) in [5.41, 5.74) is 4.35. The van der Waals surface area contributed by atoms with Gasteiger partial charge in [0.25, 0.3) is 11.7 Å². The maximum Gasteiger partial charge on any atom is 0.300 e. The summed E-state index contributed by atoms with van der Waals surface area (Å²) in [6, 6.07) is 28.3. The molecule has 1 amide bonds. The molecule has 186 valence electrons. The number of nitrogens with zero attached hydrogens (tertiary/aromatic N) is 1. The first-order valence-corrected chi connectivity index (χ1v) is 12.8. The number of ketones is 1. The molecule has 4 aromatic rings. The molecule has 1 N–H and O–H groups in total. The van der Waals surface area contributed by atoms with Gasteiger partial charge in [-0.3, -0.25) is 14.5 Å². The van der Waals surface area contributed by atoms with E-state index in [0.717, 1.165) is 27.5 Å². The van der Waals surface area contributed by atoms with Gasteiger partial charge in [0, 0.05) is 11.3 Å². The lowest BCUT2D eigenvalue weighted by atomic mass is 9.92. The summed E-state index contributed by atoms with van der Waals surface area (Å²) >= 11 is 0. The lowest BCUT2D eigenvalue weighted by molar-refractivity contribution is -0.132. The number of aliphatic hydroxyl groups excluding tert-OH is 1. The van der Waals surface area contributed by atoms with Gasteiger partial charge in [0.15, 0.2) is 0 Å². The van der Waals surface area contributed by atoms with Crippen molar-refractivity contribution in [2.75, 3.05) is 4.90 Å². The number of benzene rings is 4. The van der Waals surface area contributed by atoms with Gasteiger partial charge in [-0.15, -0.1) is 0 Å². The van der Waals surface area contributed by atoms with E-state index < -0.39 is 17.7 Å². The molecule has 1 atom stereocenters. The average Bonchev–Trinajstić information content (AvgIpc) is 3.18. The number of hydrogen-bond donors (Lipinski definition) is 1. The van der Waals surface area contributed by atoms with E-state index in [0.29, 0.717) is 23.1 Å². The van der Waals surface area contributed by atoms with E-state index in [1.165, 1.54) is 4.90 Å². The van der Waals surface area contributed by atoms with Crippen LogP contribution in [0.1, 0.15) is 67.8 Å². The Kier molecular flexibility index (Phi) is 6.43. The van der Waals surface area contributed by atoms with Gasteiger partial charge >= 0.3 is 0 Å². The van der Waals surface area contributed by atoms with Crippen LogP contribution in [0.2, 0.25) is 0 Å². The van der Waals surface area contributed by atoms with Crippen LogP contribution >= 0.6 is 0 Å². The first kappa shape index (κ1) is 24.5. The van der Waals surface area contributed by atoms with Gasteiger partial charge in [-0.2, -0.15) is 0 Å². The zero-order chi connectivity index (χ0) is 26.3. The minimum atomic E-state index is -0.745. The van der Waals surface area contributed by atoms with Crippen molar-refractivity contribution < 1.29 is 14.7 Å². The summed E-state index contributed by atoms with van der Waals surface area (Å²) in [5, 5.41) is 13.4. The second kappa shape index (κ2) is 9.70. The van der Waals surface area contributed by atoms with Crippen LogP contribution in [-0.4, -0.2) is 16.8 Å². The highest BCUT2D eigenvalue weighted by Gasteiger charge is 2.47. The number of hydrogen-bond acceptors (Lipinski definition) is 3. The molecule has 37 heavy (non-hydrogen) atoms. The summed E-state index contributed by atoms with van der Waals surface area (Å²) < 4.78 is 0. The molecule has 1 saturated heterocycles. The minimum Gasteiger partial charge on any atom is -0.507 e. The lowest BCUT2D eigenvalue weighted by Gasteiger charge is -2.26. The van der Waals surface area contributed by atoms with E-state index in [4.69, 9.17) is 0 Å². The van der Waals surface area contributed by atoms with Crippen molar-refractivity contribution in [1.29, 1.82) is 0 Å². The average molecular weight is 490 g/mol. The SMILES string of the molecule is CC(C)c1ccc(C2/C(=C(/O)c3cccc4ccccc34)C(=O)C(=O)N2c2ccc(C(C)C)cc2)cc1. The second-order valence-corrected chi connectivity index (χ2v) is 10.3. The van der Waals surface area contributed by atoms with E-state index in [9.17, 15) is 14.7 Å². The number of amides is 1. The standard InChI is InChI=1S/C33H31NO3/c1-20(2)22-12-14-25(15-13-22)30-29(31(35)28-11-7-9-24-8-5-6-10-27(24)28)32(36)33(37)34(30)26-18-16-23(17-19-26)21(3)4/h5-21,30,35H,1-4H3/b31-29-. The van der Waals surface area contributed by atoms with Crippen molar-refractivity contribution in [1.82, 2.24) is 0 Å². The molecule has 1 fully saturated rings. The van der Waals surface area contributed by atoms with Crippen LogP contribution in [0.3, 0.4) is 0 Å². The smallest absolute Gasteiger partial charge is 0.300 e. The molecule has 1 aliphatic rings. The van der Waals surface area contributed by atoms with E-state index in [1.807, 2.05) is 84.9 Å². The zero-order valence-corrected chi connectivity index (χ0v) is 21.6. The fraction of sp³-hybridized carbons (Fsp3) is 0.212. The first-order valence-electron chi connectivity index (χ1n) is 12.8. The van der Waals surface area contributed by atoms with Crippen LogP contribution in [0.4, 0.5) is 5.69 Å². The Balaban J connectivity index is 1.73. The van der Waals surface area contributed by atoms with Crippen LogP contribution in [0.25, 0.3) is 16.5 Å². The summed E-state index contributed by atoms with van der Waals surface area (Å²) in [4.78, 5) is 28.6.